The lowest BCUT2D eigenvalue weighted by Crippen LogP contribution is -2.41. The Morgan fingerprint density at radius 2 is 2.14 bits per heavy atom. The number of methoxy groups -OCH3 is 1. The first-order valence-electron chi connectivity index (χ1n) is 8.97. The van der Waals surface area contributed by atoms with Gasteiger partial charge in [0.15, 0.2) is 5.96 Å². The number of hydrogen-bond acceptors (Lipinski definition) is 3. The molecule has 2 aliphatic rings. The molecule has 1 N–H and O–H groups in total. The van der Waals surface area contributed by atoms with E-state index in [1.807, 2.05) is 0 Å². The van der Waals surface area contributed by atoms with Crippen LogP contribution in [0.4, 0.5) is 0 Å². The largest absolute Gasteiger partial charge is 0.384 e. The Morgan fingerprint density at radius 3 is 2.86 bits per heavy atom. The van der Waals surface area contributed by atoms with Crippen LogP contribution in [0, 0.1) is 11.8 Å². The van der Waals surface area contributed by atoms with Crippen LogP contribution in [0.15, 0.2) is 4.99 Å². The van der Waals surface area contributed by atoms with E-state index in [-0.39, 0.29) is 0 Å². The number of likely N-dealkylation sites (tertiary alicyclic amines) is 2. The maximum Gasteiger partial charge on any atom is 0.193 e. The third-order valence-electron chi connectivity index (χ3n) is 4.74. The molecule has 2 atom stereocenters. The van der Waals surface area contributed by atoms with Gasteiger partial charge in [0.05, 0.1) is 13.2 Å². The Bertz CT molecular complexity index is 348. The first-order chi connectivity index (χ1) is 10.7. The maximum absolute atomic E-state index is 5.29. The number of guanidine groups is 1. The lowest BCUT2D eigenvalue weighted by molar-refractivity contribution is 0.157. The molecule has 22 heavy (non-hydrogen) atoms. The van der Waals surface area contributed by atoms with Gasteiger partial charge in [-0.3, -0.25) is 4.99 Å². The second kappa shape index (κ2) is 9.36. The summed E-state index contributed by atoms with van der Waals surface area (Å²) in [4.78, 5) is 9.82. The van der Waals surface area contributed by atoms with E-state index >= 15 is 0 Å². The zero-order valence-corrected chi connectivity index (χ0v) is 14.7. The number of ether oxygens (including phenoxy) is 1. The Morgan fingerprint density at radius 1 is 1.27 bits per heavy atom. The number of hydrogen-bond donors (Lipinski definition) is 1. The monoisotopic (exact) mass is 310 g/mol. The lowest BCUT2D eigenvalue weighted by Gasteiger charge is -2.30. The molecule has 0 spiro atoms. The lowest BCUT2D eigenvalue weighted by atomic mass is 10.0. The summed E-state index contributed by atoms with van der Waals surface area (Å²) < 4.78 is 5.29. The van der Waals surface area contributed by atoms with E-state index in [1.54, 1.807) is 7.11 Å². The molecule has 0 aliphatic carbocycles. The molecule has 0 aromatic carbocycles. The highest BCUT2D eigenvalue weighted by Gasteiger charge is 2.24. The van der Waals surface area contributed by atoms with E-state index in [4.69, 9.17) is 9.73 Å². The van der Waals surface area contributed by atoms with Crippen LogP contribution in [0.2, 0.25) is 0 Å². The Kier molecular flexibility index (Phi) is 7.46. The summed E-state index contributed by atoms with van der Waals surface area (Å²) in [7, 11) is 1.79. The molecular formula is C17H34N4O. The predicted octanol–water partition coefficient (Wildman–Crippen LogP) is 1.65. The van der Waals surface area contributed by atoms with Gasteiger partial charge in [-0.1, -0.05) is 6.92 Å². The van der Waals surface area contributed by atoms with Gasteiger partial charge < -0.3 is 19.9 Å². The molecule has 2 aliphatic heterocycles. The van der Waals surface area contributed by atoms with Crippen molar-refractivity contribution >= 4 is 5.96 Å². The minimum atomic E-state index is 0.650. The first kappa shape index (κ1) is 17.5. The highest BCUT2D eigenvalue weighted by atomic mass is 16.5. The van der Waals surface area contributed by atoms with E-state index in [0.717, 1.165) is 51.2 Å². The number of nitrogens with zero attached hydrogens (tertiary/aromatic N) is 3. The topological polar surface area (TPSA) is 40.1 Å². The van der Waals surface area contributed by atoms with Crippen molar-refractivity contribution in [1.29, 1.82) is 0 Å². The van der Waals surface area contributed by atoms with Gasteiger partial charge in [0, 0.05) is 45.8 Å². The quantitative estimate of drug-likeness (QED) is 0.598. The van der Waals surface area contributed by atoms with Crippen molar-refractivity contribution in [2.45, 2.75) is 33.1 Å². The molecule has 5 nitrogen and oxygen atoms in total. The fraction of sp³-hybridized carbons (Fsp3) is 0.941. The Hall–Kier alpha value is -0.810. The second-order valence-corrected chi connectivity index (χ2v) is 6.84. The van der Waals surface area contributed by atoms with Crippen molar-refractivity contribution < 1.29 is 4.74 Å². The molecule has 128 valence electrons. The van der Waals surface area contributed by atoms with Gasteiger partial charge in [-0.05, 0) is 38.6 Å². The molecular weight excluding hydrogens is 276 g/mol. The average molecular weight is 310 g/mol. The minimum absolute atomic E-state index is 0.650. The van der Waals surface area contributed by atoms with E-state index in [2.05, 4.69) is 29.0 Å². The third kappa shape index (κ3) is 5.43. The molecule has 0 radical (unpaired) electrons. The summed E-state index contributed by atoms with van der Waals surface area (Å²) in [6.07, 6.45) is 3.94. The van der Waals surface area contributed by atoms with Gasteiger partial charge >= 0.3 is 0 Å². The van der Waals surface area contributed by atoms with Crippen LogP contribution in [0.25, 0.3) is 0 Å². The number of nitrogens with one attached hydrogen (secondary N) is 1. The molecule has 2 unspecified atom stereocenters. The zero-order valence-electron chi connectivity index (χ0n) is 14.7. The Balaban J connectivity index is 1.79. The summed E-state index contributed by atoms with van der Waals surface area (Å²) in [6.45, 7) is 13.0. The van der Waals surface area contributed by atoms with Crippen molar-refractivity contribution in [3.8, 4) is 0 Å². The van der Waals surface area contributed by atoms with Crippen molar-refractivity contribution in [1.82, 2.24) is 15.1 Å². The van der Waals surface area contributed by atoms with Crippen LogP contribution < -0.4 is 5.32 Å². The van der Waals surface area contributed by atoms with E-state index in [9.17, 15) is 0 Å². The molecule has 2 fully saturated rings. The predicted molar refractivity (Wildman–Crippen MR) is 92.4 cm³/mol. The second-order valence-electron chi connectivity index (χ2n) is 6.84. The van der Waals surface area contributed by atoms with Crippen LogP contribution in [0.1, 0.15) is 33.1 Å². The van der Waals surface area contributed by atoms with Crippen molar-refractivity contribution in [2.75, 3.05) is 59.5 Å². The zero-order chi connectivity index (χ0) is 15.8. The SMILES string of the molecule is CCNC(=NCCN1CCCC(C)C1)N1CCC(COC)C1. The van der Waals surface area contributed by atoms with Crippen molar-refractivity contribution in [3.05, 3.63) is 0 Å². The number of rotatable bonds is 6. The van der Waals surface area contributed by atoms with E-state index in [1.165, 1.54) is 32.4 Å². The summed E-state index contributed by atoms with van der Waals surface area (Å²) in [5.41, 5.74) is 0. The minimum Gasteiger partial charge on any atom is -0.384 e. The summed E-state index contributed by atoms with van der Waals surface area (Å²) in [5, 5.41) is 3.45. The molecule has 2 heterocycles. The summed E-state index contributed by atoms with van der Waals surface area (Å²) in [6, 6.07) is 0. The van der Waals surface area contributed by atoms with E-state index < -0.39 is 0 Å². The molecule has 0 amide bonds. The first-order valence-corrected chi connectivity index (χ1v) is 8.97. The van der Waals surface area contributed by atoms with Crippen LogP contribution >= 0.6 is 0 Å². The molecule has 0 bridgehead atoms. The van der Waals surface area contributed by atoms with Gasteiger partial charge in [0.2, 0.25) is 0 Å². The molecule has 0 aromatic heterocycles. The van der Waals surface area contributed by atoms with Crippen LogP contribution in [0.5, 0.6) is 0 Å². The van der Waals surface area contributed by atoms with Crippen molar-refractivity contribution in [3.63, 3.8) is 0 Å². The fourth-order valence-electron chi connectivity index (χ4n) is 3.61. The average Bonchev–Trinajstić information content (AvgIpc) is 2.95. The summed E-state index contributed by atoms with van der Waals surface area (Å²) in [5.74, 6) is 2.59. The third-order valence-corrected chi connectivity index (χ3v) is 4.74. The van der Waals surface area contributed by atoms with Gasteiger partial charge in [-0.2, -0.15) is 0 Å². The van der Waals surface area contributed by atoms with Crippen LogP contribution in [0.3, 0.4) is 0 Å². The van der Waals surface area contributed by atoms with Crippen molar-refractivity contribution in [2.24, 2.45) is 16.8 Å². The standard InChI is InChI=1S/C17H34N4O/c1-4-18-17(21-10-7-16(13-21)14-22-3)19-8-11-20-9-5-6-15(2)12-20/h15-16H,4-14H2,1-3H3,(H,18,19). The molecule has 0 aromatic rings. The molecule has 0 saturated carbocycles. The smallest absolute Gasteiger partial charge is 0.193 e. The van der Waals surface area contributed by atoms with Crippen LogP contribution in [-0.2, 0) is 4.74 Å². The normalized spacial score (nSPS) is 27.4. The number of aliphatic imine (C=N–C) groups is 1. The highest BCUT2D eigenvalue weighted by molar-refractivity contribution is 5.80. The highest BCUT2D eigenvalue weighted by Crippen LogP contribution is 2.17. The Labute approximate surface area is 136 Å². The van der Waals surface area contributed by atoms with Gasteiger partial charge in [-0.15, -0.1) is 0 Å². The van der Waals surface area contributed by atoms with Gasteiger partial charge in [-0.25, -0.2) is 0 Å². The fourth-order valence-corrected chi connectivity index (χ4v) is 3.61. The van der Waals surface area contributed by atoms with Crippen LogP contribution in [-0.4, -0.2) is 75.3 Å². The van der Waals surface area contributed by atoms with E-state index in [0.29, 0.717) is 5.92 Å². The maximum atomic E-state index is 5.29. The molecule has 2 rings (SSSR count). The number of piperidine rings is 1. The molecule has 5 heteroatoms. The van der Waals surface area contributed by atoms with Gasteiger partial charge in [0.25, 0.3) is 0 Å². The summed E-state index contributed by atoms with van der Waals surface area (Å²) >= 11 is 0. The van der Waals surface area contributed by atoms with Gasteiger partial charge in [0.1, 0.15) is 0 Å². The molecule has 2 saturated heterocycles.